The molecule has 2 aliphatic rings. The first kappa shape index (κ1) is 17.8. The largest absolute Gasteiger partial charge is 0.349 e. The van der Waals surface area contributed by atoms with Crippen LogP contribution in [0.4, 0.5) is 0 Å². The first-order valence-corrected chi connectivity index (χ1v) is 9.69. The second-order valence-corrected chi connectivity index (χ2v) is 7.52. The summed E-state index contributed by atoms with van der Waals surface area (Å²) >= 11 is 0. The molecule has 4 rings (SSSR count). The van der Waals surface area contributed by atoms with Crippen LogP contribution >= 0.6 is 0 Å². The molecule has 1 fully saturated rings. The number of hydrogen-bond acceptors (Lipinski definition) is 4. The monoisotopic (exact) mass is 370 g/mol. The van der Waals surface area contributed by atoms with Crippen LogP contribution in [0.25, 0.3) is 0 Å². The first-order valence-electron chi connectivity index (χ1n) is 9.69. The maximum Gasteiger partial charge on any atom is 0.242 e. The molecule has 3 heterocycles. The predicted molar refractivity (Wildman–Crippen MR) is 98.4 cm³/mol. The lowest BCUT2D eigenvalue weighted by Crippen LogP contribution is -2.38. The lowest BCUT2D eigenvalue weighted by molar-refractivity contribution is -0.138. The van der Waals surface area contributed by atoms with Gasteiger partial charge < -0.3 is 10.2 Å². The molecule has 1 N–H and O–H groups in total. The quantitative estimate of drug-likeness (QED) is 0.858. The van der Waals surface area contributed by atoms with Gasteiger partial charge in [-0.15, -0.1) is 0 Å². The van der Waals surface area contributed by atoms with Crippen LogP contribution in [0.5, 0.6) is 0 Å². The Balaban J connectivity index is 1.34. The zero-order valence-electron chi connectivity index (χ0n) is 15.7. The minimum Gasteiger partial charge on any atom is -0.349 e. The molecule has 0 atom stereocenters. The van der Waals surface area contributed by atoms with Crippen LogP contribution in [0.15, 0.2) is 18.3 Å². The lowest BCUT2D eigenvalue weighted by atomic mass is 9.84. The summed E-state index contributed by atoms with van der Waals surface area (Å²) in [6.07, 6.45) is 5.94. The second kappa shape index (κ2) is 7.54. The van der Waals surface area contributed by atoms with E-state index in [1.165, 1.54) is 6.42 Å². The normalized spacial score (nSPS) is 17.1. The topological polar surface area (TPSA) is 85.0 Å². The molecule has 2 amide bonds. The van der Waals surface area contributed by atoms with Gasteiger partial charge in [-0.05, 0) is 38.3 Å². The van der Waals surface area contributed by atoms with Crippen molar-refractivity contribution in [3.63, 3.8) is 0 Å². The molecule has 8 nitrogen and oxygen atoms in total. The van der Waals surface area contributed by atoms with Gasteiger partial charge >= 0.3 is 0 Å². The van der Waals surface area contributed by atoms with Gasteiger partial charge in [0.1, 0.15) is 6.54 Å². The number of nitrogens with zero attached hydrogens (tertiary/aromatic N) is 5. The molecule has 0 saturated heterocycles. The summed E-state index contributed by atoms with van der Waals surface area (Å²) in [6.45, 7) is 4.70. The van der Waals surface area contributed by atoms with Crippen molar-refractivity contribution in [2.75, 3.05) is 6.54 Å². The number of rotatable bonds is 5. The van der Waals surface area contributed by atoms with Gasteiger partial charge in [-0.2, -0.15) is 10.2 Å². The average Bonchev–Trinajstić information content (AvgIpc) is 3.11. The Labute approximate surface area is 158 Å². The lowest BCUT2D eigenvalue weighted by Gasteiger charge is -2.30. The summed E-state index contributed by atoms with van der Waals surface area (Å²) in [4.78, 5) is 26.6. The fourth-order valence-electron chi connectivity index (χ4n) is 3.65. The molecule has 1 aliphatic heterocycles. The Bertz CT molecular complexity index is 835. The van der Waals surface area contributed by atoms with Crippen LogP contribution in [0.3, 0.4) is 0 Å². The Morgan fingerprint density at radius 2 is 2.07 bits per heavy atom. The third-order valence-corrected chi connectivity index (χ3v) is 5.38. The van der Waals surface area contributed by atoms with E-state index in [0.29, 0.717) is 19.0 Å². The van der Waals surface area contributed by atoms with E-state index < -0.39 is 0 Å². The highest BCUT2D eigenvalue weighted by atomic mass is 16.2. The number of carbonyl (C=O) groups is 2. The molecule has 1 aliphatic carbocycles. The van der Waals surface area contributed by atoms with E-state index in [2.05, 4.69) is 15.5 Å². The van der Waals surface area contributed by atoms with Gasteiger partial charge in [-0.1, -0.05) is 6.42 Å². The maximum atomic E-state index is 12.6. The van der Waals surface area contributed by atoms with E-state index in [9.17, 15) is 9.59 Å². The highest BCUT2D eigenvalue weighted by Gasteiger charge is 2.30. The van der Waals surface area contributed by atoms with Crippen molar-refractivity contribution >= 4 is 11.8 Å². The molecule has 0 spiro atoms. The molecule has 1 saturated carbocycles. The smallest absolute Gasteiger partial charge is 0.242 e. The Kier molecular flexibility index (Phi) is 4.96. The molecule has 0 bridgehead atoms. The molecule has 0 unspecified atom stereocenters. The van der Waals surface area contributed by atoms with Crippen LogP contribution in [0.1, 0.15) is 42.8 Å². The number of aromatic nitrogens is 4. The van der Waals surface area contributed by atoms with Gasteiger partial charge in [0.25, 0.3) is 0 Å². The van der Waals surface area contributed by atoms with Crippen molar-refractivity contribution in [1.82, 2.24) is 29.8 Å². The van der Waals surface area contributed by atoms with Gasteiger partial charge in [0.15, 0.2) is 0 Å². The van der Waals surface area contributed by atoms with Crippen molar-refractivity contribution in [3.8, 4) is 0 Å². The van der Waals surface area contributed by atoms with Crippen LogP contribution in [0.2, 0.25) is 0 Å². The molecule has 8 heteroatoms. The van der Waals surface area contributed by atoms with Crippen LogP contribution in [-0.2, 0) is 35.8 Å². The van der Waals surface area contributed by atoms with Gasteiger partial charge in [-0.25, -0.2) is 0 Å². The zero-order chi connectivity index (χ0) is 18.8. The Morgan fingerprint density at radius 1 is 1.22 bits per heavy atom. The van der Waals surface area contributed by atoms with Gasteiger partial charge in [0, 0.05) is 25.2 Å². The van der Waals surface area contributed by atoms with Crippen molar-refractivity contribution in [2.45, 2.75) is 58.8 Å². The zero-order valence-corrected chi connectivity index (χ0v) is 15.7. The number of hydrogen-bond donors (Lipinski definition) is 1. The third-order valence-electron chi connectivity index (χ3n) is 5.38. The number of aryl methyl sites for hydroxylation is 2. The van der Waals surface area contributed by atoms with Crippen LogP contribution in [-0.4, -0.2) is 42.8 Å². The minimum atomic E-state index is -0.0944. The molecule has 144 valence electrons. The second-order valence-electron chi connectivity index (χ2n) is 7.52. The van der Waals surface area contributed by atoms with E-state index in [0.717, 1.165) is 49.4 Å². The molecule has 0 aromatic carbocycles. The van der Waals surface area contributed by atoms with Crippen molar-refractivity contribution in [3.05, 3.63) is 35.4 Å². The van der Waals surface area contributed by atoms with E-state index in [4.69, 9.17) is 0 Å². The number of fused-ring (bicyclic) bond motifs is 1. The molecule has 2 aromatic heterocycles. The summed E-state index contributed by atoms with van der Waals surface area (Å²) in [7, 11) is 0. The standard InChI is InChI=1S/C19H26N6O2/c1-14-6-9-24(21-14)13-18(26)20-11-16-10-17-12-23(7-3-8-25(17)22-16)19(27)15-4-2-5-15/h6,9-10,15H,2-5,7-8,11-13H2,1H3,(H,20,26). The van der Waals surface area contributed by atoms with Crippen molar-refractivity contribution < 1.29 is 9.59 Å². The number of nitrogens with one attached hydrogen (secondary N) is 1. The summed E-state index contributed by atoms with van der Waals surface area (Å²) < 4.78 is 3.60. The van der Waals surface area contributed by atoms with Gasteiger partial charge in [-0.3, -0.25) is 19.0 Å². The van der Waals surface area contributed by atoms with Gasteiger partial charge in [0.2, 0.25) is 11.8 Å². The fourth-order valence-corrected chi connectivity index (χ4v) is 3.65. The fraction of sp³-hybridized carbons (Fsp3) is 0.579. The SMILES string of the molecule is Cc1ccn(CC(=O)NCc2cc3n(n2)CCCN(C(=O)C2CCC2)C3)n1. The molecule has 2 aromatic rings. The van der Waals surface area contributed by atoms with E-state index >= 15 is 0 Å². The first-order chi connectivity index (χ1) is 13.1. The highest BCUT2D eigenvalue weighted by molar-refractivity contribution is 5.79. The molecule has 27 heavy (non-hydrogen) atoms. The number of amides is 2. The maximum absolute atomic E-state index is 12.6. The highest BCUT2D eigenvalue weighted by Crippen LogP contribution is 2.29. The molecule has 0 radical (unpaired) electrons. The Hall–Kier alpha value is -2.64. The van der Waals surface area contributed by atoms with Crippen LogP contribution < -0.4 is 5.32 Å². The molecular weight excluding hydrogens is 344 g/mol. The number of carbonyl (C=O) groups excluding carboxylic acids is 2. The summed E-state index contributed by atoms with van der Waals surface area (Å²) in [6, 6.07) is 3.88. The summed E-state index contributed by atoms with van der Waals surface area (Å²) in [5.74, 6) is 0.424. The van der Waals surface area contributed by atoms with Gasteiger partial charge in [0.05, 0.1) is 30.2 Å². The third kappa shape index (κ3) is 4.04. The minimum absolute atomic E-state index is 0.0944. The average molecular weight is 370 g/mol. The predicted octanol–water partition coefficient (Wildman–Crippen LogP) is 1.24. The van der Waals surface area contributed by atoms with E-state index in [1.807, 2.05) is 28.6 Å². The molecular formula is C19H26N6O2. The van der Waals surface area contributed by atoms with Crippen LogP contribution in [0, 0.1) is 12.8 Å². The Morgan fingerprint density at radius 3 is 2.78 bits per heavy atom. The summed E-state index contributed by atoms with van der Waals surface area (Å²) in [5, 5.41) is 11.7. The van der Waals surface area contributed by atoms with Crippen molar-refractivity contribution in [1.29, 1.82) is 0 Å². The summed E-state index contributed by atoms with van der Waals surface area (Å²) in [5.41, 5.74) is 2.77. The van der Waals surface area contributed by atoms with E-state index in [1.54, 1.807) is 10.9 Å². The van der Waals surface area contributed by atoms with Crippen molar-refractivity contribution in [2.24, 2.45) is 5.92 Å². The van der Waals surface area contributed by atoms with E-state index in [-0.39, 0.29) is 18.4 Å².